The average molecular weight is 322 g/mol. The highest BCUT2D eigenvalue weighted by Crippen LogP contribution is 2.28. The van der Waals surface area contributed by atoms with Gasteiger partial charge >= 0.3 is 0 Å². The van der Waals surface area contributed by atoms with Gasteiger partial charge in [-0.2, -0.15) is 0 Å². The Labute approximate surface area is 121 Å². The highest BCUT2D eigenvalue weighted by atomic mass is 79.9. The first-order chi connectivity index (χ1) is 9.00. The Morgan fingerprint density at radius 3 is 2.26 bits per heavy atom. The molecule has 0 spiro atoms. The van der Waals surface area contributed by atoms with Crippen LogP contribution in [0.2, 0.25) is 0 Å². The summed E-state index contributed by atoms with van der Waals surface area (Å²) in [6.45, 7) is 4.12. The molecule has 100 valence electrons. The molecule has 0 aliphatic rings. The molecule has 1 nitrogen and oxygen atoms in total. The van der Waals surface area contributed by atoms with E-state index in [9.17, 15) is 4.39 Å². The van der Waals surface area contributed by atoms with Gasteiger partial charge in [-0.25, -0.2) is 4.39 Å². The lowest BCUT2D eigenvalue weighted by Gasteiger charge is -2.17. The first kappa shape index (κ1) is 14.2. The van der Waals surface area contributed by atoms with Crippen molar-refractivity contribution in [3.05, 3.63) is 68.9 Å². The summed E-state index contributed by atoms with van der Waals surface area (Å²) in [7, 11) is 0. The zero-order valence-corrected chi connectivity index (χ0v) is 12.7. The van der Waals surface area contributed by atoms with Gasteiger partial charge in [0.2, 0.25) is 0 Å². The summed E-state index contributed by atoms with van der Waals surface area (Å²) in [6.07, 6.45) is 0.637. The molecule has 0 heterocycles. The lowest BCUT2D eigenvalue weighted by Crippen LogP contribution is -2.17. The van der Waals surface area contributed by atoms with Crippen LogP contribution in [0.1, 0.15) is 28.3 Å². The zero-order valence-electron chi connectivity index (χ0n) is 11.1. The molecule has 0 bridgehead atoms. The fourth-order valence-electron chi connectivity index (χ4n) is 2.36. The van der Waals surface area contributed by atoms with E-state index >= 15 is 0 Å². The van der Waals surface area contributed by atoms with Crippen LogP contribution in [-0.4, -0.2) is 0 Å². The van der Waals surface area contributed by atoms with Gasteiger partial charge in [0, 0.05) is 16.1 Å². The van der Waals surface area contributed by atoms with E-state index in [2.05, 4.69) is 41.9 Å². The summed E-state index contributed by atoms with van der Waals surface area (Å²) in [4.78, 5) is 0. The van der Waals surface area contributed by atoms with E-state index < -0.39 is 0 Å². The average Bonchev–Trinajstić information content (AvgIpc) is 2.34. The Morgan fingerprint density at radius 2 is 1.68 bits per heavy atom. The number of halogens is 2. The molecule has 0 aliphatic heterocycles. The van der Waals surface area contributed by atoms with E-state index in [1.807, 2.05) is 12.1 Å². The predicted molar refractivity (Wildman–Crippen MR) is 80.6 cm³/mol. The normalized spacial score (nSPS) is 12.5. The second-order valence-corrected chi connectivity index (χ2v) is 5.67. The van der Waals surface area contributed by atoms with Gasteiger partial charge in [0.05, 0.1) is 0 Å². The first-order valence-electron chi connectivity index (χ1n) is 6.25. The molecule has 19 heavy (non-hydrogen) atoms. The van der Waals surface area contributed by atoms with E-state index in [-0.39, 0.29) is 11.9 Å². The minimum atomic E-state index is -0.352. The van der Waals surface area contributed by atoms with Crippen molar-refractivity contribution in [3.8, 4) is 0 Å². The van der Waals surface area contributed by atoms with Crippen LogP contribution < -0.4 is 5.73 Å². The zero-order chi connectivity index (χ0) is 14.0. The number of aryl methyl sites for hydroxylation is 2. The minimum absolute atomic E-state index is 0.256. The molecule has 2 N–H and O–H groups in total. The van der Waals surface area contributed by atoms with Crippen molar-refractivity contribution in [2.45, 2.75) is 26.3 Å². The molecule has 0 saturated heterocycles. The Hall–Kier alpha value is -1.19. The second kappa shape index (κ2) is 5.85. The van der Waals surface area contributed by atoms with Crippen molar-refractivity contribution in [1.29, 1.82) is 0 Å². The van der Waals surface area contributed by atoms with Crippen molar-refractivity contribution < 1.29 is 4.39 Å². The molecular weight excluding hydrogens is 305 g/mol. The molecule has 0 radical (unpaired) electrons. The Balaban J connectivity index is 2.34. The Kier molecular flexibility index (Phi) is 4.38. The number of hydrogen-bond donors (Lipinski definition) is 1. The maximum Gasteiger partial charge on any atom is 0.129 e. The standard InChI is InChI=1S/C16H17BrFN/c1-10-5-3-6-11(2)12(10)9-15(19)16-13(17)7-4-8-14(16)18/h3-8,15H,9,19H2,1-2H3. The summed E-state index contributed by atoms with van der Waals surface area (Å²) in [5.41, 5.74) is 10.3. The number of nitrogens with two attached hydrogens (primary N) is 1. The molecule has 0 aromatic heterocycles. The lowest BCUT2D eigenvalue weighted by molar-refractivity contribution is 0.577. The van der Waals surface area contributed by atoms with Crippen molar-refractivity contribution >= 4 is 15.9 Å². The highest BCUT2D eigenvalue weighted by molar-refractivity contribution is 9.10. The lowest BCUT2D eigenvalue weighted by atomic mass is 9.93. The molecule has 0 saturated carbocycles. The first-order valence-corrected chi connectivity index (χ1v) is 7.04. The van der Waals surface area contributed by atoms with E-state index in [0.717, 1.165) is 4.47 Å². The largest absolute Gasteiger partial charge is 0.324 e. The summed E-state index contributed by atoms with van der Waals surface area (Å²) >= 11 is 3.38. The fraction of sp³-hybridized carbons (Fsp3) is 0.250. The van der Waals surface area contributed by atoms with Gasteiger partial charge in [-0.1, -0.05) is 40.2 Å². The SMILES string of the molecule is Cc1cccc(C)c1CC(N)c1c(F)cccc1Br. The van der Waals surface area contributed by atoms with E-state index in [1.54, 1.807) is 6.07 Å². The van der Waals surface area contributed by atoms with Gasteiger partial charge in [-0.05, 0) is 49.1 Å². The maximum absolute atomic E-state index is 13.9. The van der Waals surface area contributed by atoms with Crippen LogP contribution in [0.5, 0.6) is 0 Å². The summed E-state index contributed by atoms with van der Waals surface area (Å²) in [5.74, 6) is -0.256. The summed E-state index contributed by atoms with van der Waals surface area (Å²) < 4.78 is 14.6. The fourth-order valence-corrected chi connectivity index (χ4v) is 2.99. The molecule has 2 aromatic rings. The third-order valence-corrected chi connectivity index (χ3v) is 4.13. The molecule has 0 amide bonds. The number of hydrogen-bond acceptors (Lipinski definition) is 1. The summed E-state index contributed by atoms with van der Waals surface area (Å²) in [6, 6.07) is 10.7. The minimum Gasteiger partial charge on any atom is -0.324 e. The topological polar surface area (TPSA) is 26.0 Å². The smallest absolute Gasteiger partial charge is 0.129 e. The van der Waals surface area contributed by atoms with Gasteiger partial charge in [0.15, 0.2) is 0 Å². The van der Waals surface area contributed by atoms with Crippen LogP contribution in [0.4, 0.5) is 4.39 Å². The number of rotatable bonds is 3. The van der Waals surface area contributed by atoms with Crippen molar-refractivity contribution in [2.24, 2.45) is 5.73 Å². The third kappa shape index (κ3) is 3.04. The van der Waals surface area contributed by atoms with Crippen LogP contribution in [0.25, 0.3) is 0 Å². The predicted octanol–water partition coefficient (Wildman–Crippen LogP) is 4.45. The quantitative estimate of drug-likeness (QED) is 0.888. The Morgan fingerprint density at radius 1 is 1.11 bits per heavy atom. The van der Waals surface area contributed by atoms with Crippen molar-refractivity contribution in [3.63, 3.8) is 0 Å². The van der Waals surface area contributed by atoms with Gasteiger partial charge in [-0.15, -0.1) is 0 Å². The van der Waals surface area contributed by atoms with Gasteiger partial charge in [-0.3, -0.25) is 0 Å². The van der Waals surface area contributed by atoms with E-state index in [4.69, 9.17) is 5.73 Å². The molecule has 2 aromatic carbocycles. The maximum atomic E-state index is 13.9. The third-order valence-electron chi connectivity index (χ3n) is 3.44. The Bertz CT molecular complexity index is 555. The van der Waals surface area contributed by atoms with E-state index in [1.165, 1.54) is 22.8 Å². The highest BCUT2D eigenvalue weighted by Gasteiger charge is 2.17. The molecule has 0 aliphatic carbocycles. The monoisotopic (exact) mass is 321 g/mol. The molecule has 2 rings (SSSR count). The second-order valence-electron chi connectivity index (χ2n) is 4.82. The number of benzene rings is 2. The summed E-state index contributed by atoms with van der Waals surface area (Å²) in [5, 5.41) is 0. The van der Waals surface area contributed by atoms with Gasteiger partial charge in [0.25, 0.3) is 0 Å². The van der Waals surface area contributed by atoms with Crippen LogP contribution in [-0.2, 0) is 6.42 Å². The van der Waals surface area contributed by atoms with Gasteiger partial charge < -0.3 is 5.73 Å². The van der Waals surface area contributed by atoms with Crippen LogP contribution in [0.3, 0.4) is 0 Å². The van der Waals surface area contributed by atoms with Crippen LogP contribution in [0, 0.1) is 19.7 Å². The van der Waals surface area contributed by atoms with Crippen molar-refractivity contribution in [2.75, 3.05) is 0 Å². The molecule has 1 unspecified atom stereocenters. The van der Waals surface area contributed by atoms with E-state index in [0.29, 0.717) is 12.0 Å². The van der Waals surface area contributed by atoms with Gasteiger partial charge in [0.1, 0.15) is 5.82 Å². The van der Waals surface area contributed by atoms with Crippen LogP contribution in [0.15, 0.2) is 40.9 Å². The molecule has 3 heteroatoms. The molecule has 0 fully saturated rings. The molecule has 1 atom stereocenters. The molecular formula is C16H17BrFN. The van der Waals surface area contributed by atoms with Crippen molar-refractivity contribution in [1.82, 2.24) is 0 Å². The van der Waals surface area contributed by atoms with Crippen LogP contribution >= 0.6 is 15.9 Å².